The van der Waals surface area contributed by atoms with Crippen LogP contribution in [0.5, 0.6) is 0 Å². The number of hydrogen-bond acceptors (Lipinski definition) is 3. The van der Waals surface area contributed by atoms with Crippen molar-refractivity contribution in [2.75, 3.05) is 6.54 Å². The Morgan fingerprint density at radius 2 is 1.95 bits per heavy atom. The van der Waals surface area contributed by atoms with E-state index in [9.17, 15) is 4.79 Å². The van der Waals surface area contributed by atoms with Gasteiger partial charge in [-0.3, -0.25) is 4.79 Å². The number of nitrogens with one attached hydrogen (secondary N) is 1. The van der Waals surface area contributed by atoms with E-state index in [1.165, 1.54) is 5.56 Å². The van der Waals surface area contributed by atoms with Crippen molar-refractivity contribution in [3.05, 3.63) is 35.4 Å². The van der Waals surface area contributed by atoms with E-state index in [0.717, 1.165) is 30.7 Å². The van der Waals surface area contributed by atoms with Gasteiger partial charge in [0.05, 0.1) is 11.9 Å². The number of aliphatic hydroxyl groups is 1. The molecule has 0 heterocycles. The minimum absolute atomic E-state index is 0.0330. The van der Waals surface area contributed by atoms with Gasteiger partial charge in [-0.1, -0.05) is 37.6 Å². The summed E-state index contributed by atoms with van der Waals surface area (Å²) in [5.74, 6) is 0.930. The standard InChI is InChI=1S/C15H23NO2S/c1-3-4-9-16-15(18)12(2)19-11-14-7-5-13(10-17)6-8-14/h5-8,12,17H,3-4,9-11H2,1-2H3,(H,16,18). The van der Waals surface area contributed by atoms with Gasteiger partial charge in [-0.25, -0.2) is 0 Å². The van der Waals surface area contributed by atoms with Gasteiger partial charge in [0, 0.05) is 12.3 Å². The molecule has 0 bridgehead atoms. The summed E-state index contributed by atoms with van der Waals surface area (Å²) in [7, 11) is 0. The first kappa shape index (κ1) is 16.1. The molecule has 1 amide bonds. The summed E-state index contributed by atoms with van der Waals surface area (Å²) in [4.78, 5) is 11.8. The lowest BCUT2D eigenvalue weighted by Gasteiger charge is -2.11. The number of carbonyl (C=O) groups excluding carboxylic acids is 1. The van der Waals surface area contributed by atoms with Crippen LogP contribution in [-0.2, 0) is 17.2 Å². The molecule has 0 saturated carbocycles. The Labute approximate surface area is 119 Å². The normalized spacial score (nSPS) is 12.2. The van der Waals surface area contributed by atoms with Crippen molar-refractivity contribution in [3.63, 3.8) is 0 Å². The van der Waals surface area contributed by atoms with E-state index in [4.69, 9.17) is 5.11 Å². The lowest BCUT2D eigenvalue weighted by molar-refractivity contribution is -0.120. The molecule has 1 rings (SSSR count). The second-order valence-corrected chi connectivity index (χ2v) is 5.90. The second kappa shape index (κ2) is 8.99. The summed E-state index contributed by atoms with van der Waals surface area (Å²) in [6, 6.07) is 7.84. The van der Waals surface area contributed by atoms with Crippen molar-refractivity contribution in [2.45, 2.75) is 44.3 Å². The van der Waals surface area contributed by atoms with Gasteiger partial charge in [0.2, 0.25) is 5.91 Å². The number of carbonyl (C=O) groups is 1. The molecule has 0 fully saturated rings. The highest BCUT2D eigenvalue weighted by Crippen LogP contribution is 2.18. The monoisotopic (exact) mass is 281 g/mol. The Kier molecular flexibility index (Phi) is 7.60. The second-order valence-electron chi connectivity index (χ2n) is 4.57. The first-order chi connectivity index (χ1) is 9.17. The van der Waals surface area contributed by atoms with Crippen molar-refractivity contribution >= 4 is 17.7 Å². The van der Waals surface area contributed by atoms with Crippen molar-refractivity contribution in [2.24, 2.45) is 0 Å². The molecule has 0 aliphatic rings. The maximum atomic E-state index is 11.8. The zero-order valence-corrected chi connectivity index (χ0v) is 12.5. The fourth-order valence-electron chi connectivity index (χ4n) is 1.57. The van der Waals surface area contributed by atoms with Gasteiger partial charge in [0.25, 0.3) is 0 Å². The van der Waals surface area contributed by atoms with E-state index in [-0.39, 0.29) is 17.8 Å². The molecule has 3 nitrogen and oxygen atoms in total. The van der Waals surface area contributed by atoms with Crippen molar-refractivity contribution in [1.29, 1.82) is 0 Å². The molecule has 0 spiro atoms. The fourth-order valence-corrected chi connectivity index (χ4v) is 2.44. The molecule has 0 aromatic heterocycles. The summed E-state index contributed by atoms with van der Waals surface area (Å²) in [5, 5.41) is 11.9. The molecular weight excluding hydrogens is 258 g/mol. The van der Waals surface area contributed by atoms with Crippen LogP contribution in [0.1, 0.15) is 37.8 Å². The third-order valence-electron chi connectivity index (χ3n) is 2.90. The molecule has 0 saturated heterocycles. The van der Waals surface area contributed by atoms with Crippen LogP contribution < -0.4 is 5.32 Å². The molecule has 2 N–H and O–H groups in total. The first-order valence-corrected chi connectivity index (χ1v) is 7.80. The van der Waals surface area contributed by atoms with Crippen molar-refractivity contribution < 1.29 is 9.90 Å². The highest BCUT2D eigenvalue weighted by Gasteiger charge is 2.12. The van der Waals surface area contributed by atoms with Crippen LogP contribution in [0.3, 0.4) is 0 Å². The average Bonchev–Trinajstić information content (AvgIpc) is 2.45. The number of rotatable bonds is 8. The van der Waals surface area contributed by atoms with E-state index in [1.807, 2.05) is 31.2 Å². The first-order valence-electron chi connectivity index (χ1n) is 6.75. The number of unbranched alkanes of at least 4 members (excludes halogenated alkanes) is 1. The quantitative estimate of drug-likeness (QED) is 0.720. The summed E-state index contributed by atoms with van der Waals surface area (Å²) in [6.07, 6.45) is 2.13. The van der Waals surface area contributed by atoms with E-state index in [0.29, 0.717) is 0 Å². The largest absolute Gasteiger partial charge is 0.392 e. The van der Waals surface area contributed by atoms with Gasteiger partial charge in [-0.15, -0.1) is 11.8 Å². The van der Waals surface area contributed by atoms with Crippen LogP contribution in [0.4, 0.5) is 0 Å². The predicted molar refractivity (Wildman–Crippen MR) is 81.0 cm³/mol. The van der Waals surface area contributed by atoms with Crippen LogP contribution in [0.2, 0.25) is 0 Å². The van der Waals surface area contributed by atoms with Crippen molar-refractivity contribution in [3.8, 4) is 0 Å². The van der Waals surface area contributed by atoms with Crippen molar-refractivity contribution in [1.82, 2.24) is 5.32 Å². The summed E-state index contributed by atoms with van der Waals surface area (Å²) >= 11 is 1.63. The number of hydrogen-bond donors (Lipinski definition) is 2. The molecule has 106 valence electrons. The van der Waals surface area contributed by atoms with Gasteiger partial charge in [-0.05, 0) is 24.5 Å². The van der Waals surface area contributed by atoms with Gasteiger partial charge in [0.1, 0.15) is 0 Å². The maximum absolute atomic E-state index is 11.8. The Bertz CT molecular complexity index is 378. The zero-order valence-electron chi connectivity index (χ0n) is 11.7. The van der Waals surface area contributed by atoms with Gasteiger partial charge >= 0.3 is 0 Å². The molecule has 0 aliphatic heterocycles. The van der Waals surface area contributed by atoms with Crippen LogP contribution in [0, 0.1) is 0 Å². The van der Waals surface area contributed by atoms with Crippen LogP contribution >= 0.6 is 11.8 Å². The molecule has 1 aromatic carbocycles. The lowest BCUT2D eigenvalue weighted by atomic mass is 10.2. The van der Waals surface area contributed by atoms with Crippen LogP contribution in [0.25, 0.3) is 0 Å². The van der Waals surface area contributed by atoms with E-state index in [2.05, 4.69) is 12.2 Å². The number of thioether (sulfide) groups is 1. The van der Waals surface area contributed by atoms with Gasteiger partial charge in [0.15, 0.2) is 0 Å². The number of amides is 1. The molecule has 1 aromatic rings. The van der Waals surface area contributed by atoms with Crippen LogP contribution in [-0.4, -0.2) is 22.8 Å². The molecule has 1 unspecified atom stereocenters. The predicted octanol–water partition coefficient (Wildman–Crippen LogP) is 2.72. The molecular formula is C15H23NO2S. The Morgan fingerprint density at radius 3 is 2.53 bits per heavy atom. The number of aliphatic hydroxyl groups excluding tert-OH is 1. The van der Waals surface area contributed by atoms with E-state index < -0.39 is 0 Å². The Balaban J connectivity index is 2.32. The fraction of sp³-hybridized carbons (Fsp3) is 0.533. The summed E-state index contributed by atoms with van der Waals surface area (Å²) < 4.78 is 0. The van der Waals surface area contributed by atoms with Gasteiger partial charge < -0.3 is 10.4 Å². The third-order valence-corrected chi connectivity index (χ3v) is 4.12. The lowest BCUT2D eigenvalue weighted by Crippen LogP contribution is -2.31. The molecule has 0 aliphatic carbocycles. The van der Waals surface area contributed by atoms with E-state index >= 15 is 0 Å². The summed E-state index contributed by atoms with van der Waals surface area (Å²) in [5.41, 5.74) is 2.09. The highest BCUT2D eigenvalue weighted by atomic mass is 32.2. The smallest absolute Gasteiger partial charge is 0.232 e. The molecule has 4 heteroatoms. The molecule has 19 heavy (non-hydrogen) atoms. The van der Waals surface area contributed by atoms with E-state index in [1.54, 1.807) is 11.8 Å². The topological polar surface area (TPSA) is 49.3 Å². The highest BCUT2D eigenvalue weighted by molar-refractivity contribution is 7.99. The number of benzene rings is 1. The van der Waals surface area contributed by atoms with Gasteiger partial charge in [-0.2, -0.15) is 0 Å². The minimum Gasteiger partial charge on any atom is -0.392 e. The van der Waals surface area contributed by atoms with Crippen LogP contribution in [0.15, 0.2) is 24.3 Å². The average molecular weight is 281 g/mol. The third kappa shape index (κ3) is 6.12. The molecule has 0 radical (unpaired) electrons. The summed E-state index contributed by atoms with van der Waals surface area (Å²) in [6.45, 7) is 4.89. The minimum atomic E-state index is -0.0330. The maximum Gasteiger partial charge on any atom is 0.232 e. The Morgan fingerprint density at radius 1 is 1.32 bits per heavy atom. The SMILES string of the molecule is CCCCNC(=O)C(C)SCc1ccc(CO)cc1. The zero-order chi connectivity index (χ0) is 14.1. The molecule has 1 atom stereocenters. The Hall–Kier alpha value is -1.00.